The van der Waals surface area contributed by atoms with Crippen LogP contribution in [0.4, 0.5) is 0 Å². The zero-order valence-electron chi connectivity index (χ0n) is 9.50. The molecule has 2 aromatic rings. The minimum atomic E-state index is 0.964. The summed E-state index contributed by atoms with van der Waals surface area (Å²) >= 11 is 0. The van der Waals surface area contributed by atoms with Gasteiger partial charge in [0.05, 0.1) is 18.1 Å². The molecule has 0 atom stereocenters. The standard InChI is InChI=1S/C12H16N4/c1-2-3-4-8-16-9-6-12(15-16)11-5-7-13-14-10-11/h5-7,9-10H,2-4,8H2,1H3. The van der Waals surface area contributed by atoms with Crippen LogP contribution < -0.4 is 0 Å². The lowest BCUT2D eigenvalue weighted by atomic mass is 10.2. The Morgan fingerprint density at radius 1 is 1.19 bits per heavy atom. The van der Waals surface area contributed by atoms with Gasteiger partial charge in [0, 0.05) is 18.3 Å². The summed E-state index contributed by atoms with van der Waals surface area (Å²) in [7, 11) is 0. The van der Waals surface area contributed by atoms with Gasteiger partial charge < -0.3 is 0 Å². The Balaban J connectivity index is 2.02. The molecule has 0 bridgehead atoms. The van der Waals surface area contributed by atoms with Gasteiger partial charge in [-0.1, -0.05) is 19.8 Å². The first-order valence-electron chi connectivity index (χ1n) is 5.70. The highest BCUT2D eigenvalue weighted by molar-refractivity contribution is 5.56. The molecule has 0 saturated carbocycles. The van der Waals surface area contributed by atoms with Crippen molar-refractivity contribution in [2.24, 2.45) is 0 Å². The monoisotopic (exact) mass is 216 g/mol. The van der Waals surface area contributed by atoms with Gasteiger partial charge in [-0.2, -0.15) is 15.3 Å². The fraction of sp³-hybridized carbons (Fsp3) is 0.417. The van der Waals surface area contributed by atoms with Crippen molar-refractivity contribution >= 4 is 0 Å². The van der Waals surface area contributed by atoms with Gasteiger partial charge in [0.15, 0.2) is 0 Å². The number of aromatic nitrogens is 4. The summed E-state index contributed by atoms with van der Waals surface area (Å²) in [5.74, 6) is 0. The molecule has 4 nitrogen and oxygen atoms in total. The maximum absolute atomic E-state index is 4.50. The number of unbranched alkanes of at least 4 members (excludes halogenated alkanes) is 2. The maximum Gasteiger partial charge on any atom is 0.0939 e. The lowest BCUT2D eigenvalue weighted by Gasteiger charge is -1.99. The van der Waals surface area contributed by atoms with Crippen LogP contribution in [-0.4, -0.2) is 20.0 Å². The average Bonchev–Trinajstić information content (AvgIpc) is 2.79. The third-order valence-electron chi connectivity index (χ3n) is 2.51. The van der Waals surface area contributed by atoms with Crippen LogP contribution in [0.5, 0.6) is 0 Å². The van der Waals surface area contributed by atoms with E-state index in [1.807, 2.05) is 23.0 Å². The molecule has 0 N–H and O–H groups in total. The molecule has 0 aliphatic carbocycles. The van der Waals surface area contributed by atoms with E-state index in [2.05, 4.69) is 22.2 Å². The van der Waals surface area contributed by atoms with E-state index in [0.717, 1.165) is 17.8 Å². The van der Waals surface area contributed by atoms with Crippen LogP contribution in [0.3, 0.4) is 0 Å². The molecule has 2 rings (SSSR count). The second-order valence-electron chi connectivity index (χ2n) is 3.80. The largest absolute Gasteiger partial charge is 0.272 e. The zero-order chi connectivity index (χ0) is 11.2. The first-order chi connectivity index (χ1) is 7.90. The van der Waals surface area contributed by atoms with E-state index in [1.165, 1.54) is 19.3 Å². The van der Waals surface area contributed by atoms with Crippen molar-refractivity contribution < 1.29 is 0 Å². The van der Waals surface area contributed by atoms with E-state index in [1.54, 1.807) is 12.4 Å². The summed E-state index contributed by atoms with van der Waals surface area (Å²) < 4.78 is 1.99. The molecule has 16 heavy (non-hydrogen) atoms. The van der Waals surface area contributed by atoms with Crippen LogP contribution in [-0.2, 0) is 6.54 Å². The Bertz CT molecular complexity index is 422. The second-order valence-corrected chi connectivity index (χ2v) is 3.80. The summed E-state index contributed by atoms with van der Waals surface area (Å²) in [6, 6.07) is 3.94. The molecule has 0 aliphatic rings. The van der Waals surface area contributed by atoms with Gasteiger partial charge in [-0.25, -0.2) is 0 Å². The Labute approximate surface area is 95.3 Å². The van der Waals surface area contributed by atoms with Crippen molar-refractivity contribution in [3.8, 4) is 11.3 Å². The third-order valence-corrected chi connectivity index (χ3v) is 2.51. The molecule has 2 heterocycles. The molecule has 0 spiro atoms. The normalized spacial score (nSPS) is 10.6. The van der Waals surface area contributed by atoms with Crippen LogP contribution in [0.15, 0.2) is 30.7 Å². The lowest BCUT2D eigenvalue weighted by molar-refractivity contribution is 0.554. The molecule has 2 aromatic heterocycles. The van der Waals surface area contributed by atoms with Gasteiger partial charge in [-0.05, 0) is 18.6 Å². The smallest absolute Gasteiger partial charge is 0.0939 e. The van der Waals surface area contributed by atoms with Crippen LogP contribution >= 0.6 is 0 Å². The van der Waals surface area contributed by atoms with E-state index in [9.17, 15) is 0 Å². The predicted octanol–water partition coefficient (Wildman–Crippen LogP) is 2.53. The van der Waals surface area contributed by atoms with Gasteiger partial charge in [0.1, 0.15) is 0 Å². The van der Waals surface area contributed by atoms with Crippen molar-refractivity contribution in [3.05, 3.63) is 30.7 Å². The summed E-state index contributed by atoms with van der Waals surface area (Å²) in [4.78, 5) is 0. The molecule has 0 radical (unpaired) electrons. The molecule has 84 valence electrons. The Morgan fingerprint density at radius 2 is 2.12 bits per heavy atom. The quantitative estimate of drug-likeness (QED) is 0.721. The first kappa shape index (κ1) is 10.8. The van der Waals surface area contributed by atoms with Crippen LogP contribution in [0.2, 0.25) is 0 Å². The highest BCUT2D eigenvalue weighted by Crippen LogP contribution is 2.14. The van der Waals surface area contributed by atoms with Crippen molar-refractivity contribution in [1.82, 2.24) is 20.0 Å². The minimum Gasteiger partial charge on any atom is -0.272 e. The zero-order valence-corrected chi connectivity index (χ0v) is 9.50. The van der Waals surface area contributed by atoms with Gasteiger partial charge in [-0.15, -0.1) is 0 Å². The summed E-state index contributed by atoms with van der Waals surface area (Å²) in [5.41, 5.74) is 1.98. The molecule has 0 aliphatic heterocycles. The van der Waals surface area contributed by atoms with Gasteiger partial charge in [0.25, 0.3) is 0 Å². The van der Waals surface area contributed by atoms with Crippen LogP contribution in [0.1, 0.15) is 26.2 Å². The fourth-order valence-corrected chi connectivity index (χ4v) is 1.61. The average molecular weight is 216 g/mol. The molecule has 0 fully saturated rings. The predicted molar refractivity (Wildman–Crippen MR) is 62.8 cm³/mol. The van der Waals surface area contributed by atoms with Gasteiger partial charge in [-0.3, -0.25) is 4.68 Å². The SMILES string of the molecule is CCCCCn1ccc(-c2ccnnc2)n1. The van der Waals surface area contributed by atoms with E-state index in [0.29, 0.717) is 0 Å². The third kappa shape index (κ3) is 2.66. The fourth-order valence-electron chi connectivity index (χ4n) is 1.61. The lowest BCUT2D eigenvalue weighted by Crippen LogP contribution is -1.98. The summed E-state index contributed by atoms with van der Waals surface area (Å²) in [6.45, 7) is 3.20. The number of rotatable bonds is 5. The van der Waals surface area contributed by atoms with Crippen LogP contribution in [0.25, 0.3) is 11.3 Å². The van der Waals surface area contributed by atoms with Crippen LogP contribution in [0, 0.1) is 0 Å². The molecule has 0 amide bonds. The van der Waals surface area contributed by atoms with E-state index in [-0.39, 0.29) is 0 Å². The Morgan fingerprint density at radius 3 is 2.88 bits per heavy atom. The molecule has 0 aromatic carbocycles. The highest BCUT2D eigenvalue weighted by Gasteiger charge is 2.01. The van der Waals surface area contributed by atoms with Gasteiger partial charge >= 0.3 is 0 Å². The van der Waals surface area contributed by atoms with E-state index >= 15 is 0 Å². The van der Waals surface area contributed by atoms with Crippen molar-refractivity contribution in [1.29, 1.82) is 0 Å². The number of aryl methyl sites for hydroxylation is 1. The second kappa shape index (κ2) is 5.39. The topological polar surface area (TPSA) is 43.6 Å². The van der Waals surface area contributed by atoms with Crippen molar-refractivity contribution in [2.45, 2.75) is 32.7 Å². The number of nitrogens with zero attached hydrogens (tertiary/aromatic N) is 4. The summed E-state index contributed by atoms with van der Waals surface area (Å²) in [5, 5.41) is 12.1. The van der Waals surface area contributed by atoms with Gasteiger partial charge in [0.2, 0.25) is 0 Å². The van der Waals surface area contributed by atoms with E-state index in [4.69, 9.17) is 0 Å². The Kier molecular flexibility index (Phi) is 3.64. The maximum atomic E-state index is 4.50. The number of hydrogen-bond donors (Lipinski definition) is 0. The molecular formula is C12H16N4. The summed E-state index contributed by atoms with van der Waals surface area (Å²) in [6.07, 6.45) is 9.12. The highest BCUT2D eigenvalue weighted by atomic mass is 15.3. The minimum absolute atomic E-state index is 0.964. The van der Waals surface area contributed by atoms with Crippen molar-refractivity contribution in [3.63, 3.8) is 0 Å². The first-order valence-corrected chi connectivity index (χ1v) is 5.70. The van der Waals surface area contributed by atoms with Crippen molar-refractivity contribution in [2.75, 3.05) is 0 Å². The number of hydrogen-bond acceptors (Lipinski definition) is 3. The van der Waals surface area contributed by atoms with E-state index < -0.39 is 0 Å². The molecule has 0 unspecified atom stereocenters. The molecular weight excluding hydrogens is 200 g/mol. The Hall–Kier alpha value is -1.71. The molecule has 4 heteroatoms. The molecule has 0 saturated heterocycles.